The molecule has 118 valence electrons. The van der Waals surface area contributed by atoms with E-state index in [1.807, 2.05) is 36.4 Å². The smallest absolute Gasteiger partial charge is 0.343 e. The Balaban J connectivity index is 2.24. The fraction of sp³-hybridized carbons (Fsp3) is 0.250. The van der Waals surface area contributed by atoms with E-state index in [1.165, 1.54) is 0 Å². The Labute approximate surface area is 135 Å². The predicted molar refractivity (Wildman–Crippen MR) is 91.9 cm³/mol. The van der Waals surface area contributed by atoms with E-state index < -0.39 is 5.63 Å². The van der Waals surface area contributed by atoms with Crippen LogP contribution >= 0.6 is 0 Å². The molecule has 0 spiro atoms. The van der Waals surface area contributed by atoms with Gasteiger partial charge in [0.1, 0.15) is 11.3 Å². The molecule has 0 aliphatic heterocycles. The van der Waals surface area contributed by atoms with Crippen LogP contribution in [0.1, 0.15) is 37.3 Å². The molecule has 0 fully saturated rings. The maximum atomic E-state index is 12.5. The standard InChI is InChI=1S/C20H20O3/c1-13(2)12-16(14-8-4-3-5-9-14)18-19(21)15-10-6-7-11-17(15)23-20(18)22/h3-11,13,16,21H,12H2,1-2H3. The summed E-state index contributed by atoms with van der Waals surface area (Å²) in [4.78, 5) is 12.5. The first-order valence-electron chi connectivity index (χ1n) is 7.87. The molecule has 1 heterocycles. The molecule has 3 rings (SSSR count). The zero-order valence-corrected chi connectivity index (χ0v) is 13.3. The molecule has 0 saturated carbocycles. The Bertz CT molecular complexity index is 863. The van der Waals surface area contributed by atoms with Gasteiger partial charge in [0.2, 0.25) is 0 Å². The fourth-order valence-electron chi connectivity index (χ4n) is 3.03. The van der Waals surface area contributed by atoms with E-state index in [9.17, 15) is 9.90 Å². The molecule has 0 radical (unpaired) electrons. The highest BCUT2D eigenvalue weighted by Gasteiger charge is 2.25. The van der Waals surface area contributed by atoms with Crippen molar-refractivity contribution in [1.29, 1.82) is 0 Å². The van der Waals surface area contributed by atoms with Crippen molar-refractivity contribution in [2.75, 3.05) is 0 Å². The maximum Gasteiger partial charge on any atom is 0.343 e. The van der Waals surface area contributed by atoms with Crippen LogP contribution in [0, 0.1) is 5.92 Å². The first kappa shape index (κ1) is 15.3. The lowest BCUT2D eigenvalue weighted by Gasteiger charge is -2.20. The third-order valence-electron chi connectivity index (χ3n) is 4.08. The van der Waals surface area contributed by atoms with Crippen molar-refractivity contribution in [3.05, 3.63) is 76.1 Å². The first-order chi connectivity index (χ1) is 11.1. The molecule has 0 aliphatic carbocycles. The summed E-state index contributed by atoms with van der Waals surface area (Å²) in [6, 6.07) is 16.9. The maximum absolute atomic E-state index is 12.5. The number of hydrogen-bond acceptors (Lipinski definition) is 3. The van der Waals surface area contributed by atoms with Crippen LogP contribution in [0.15, 0.2) is 63.8 Å². The molecule has 0 saturated heterocycles. The van der Waals surface area contributed by atoms with Crippen molar-refractivity contribution in [1.82, 2.24) is 0 Å². The number of fused-ring (bicyclic) bond motifs is 1. The summed E-state index contributed by atoms with van der Waals surface area (Å²) in [6.45, 7) is 4.21. The lowest BCUT2D eigenvalue weighted by molar-refractivity contribution is 0.439. The molecular formula is C20H20O3. The molecule has 2 aromatic carbocycles. The molecule has 0 amide bonds. The average Bonchev–Trinajstić information content (AvgIpc) is 2.54. The van der Waals surface area contributed by atoms with E-state index in [-0.39, 0.29) is 11.7 Å². The first-order valence-corrected chi connectivity index (χ1v) is 7.87. The monoisotopic (exact) mass is 308 g/mol. The van der Waals surface area contributed by atoms with E-state index in [1.54, 1.807) is 18.2 Å². The second-order valence-corrected chi connectivity index (χ2v) is 6.24. The third kappa shape index (κ3) is 3.00. The molecular weight excluding hydrogens is 288 g/mol. The average molecular weight is 308 g/mol. The van der Waals surface area contributed by atoms with Gasteiger partial charge in [0.25, 0.3) is 0 Å². The summed E-state index contributed by atoms with van der Waals surface area (Å²) in [5.74, 6) is 0.230. The molecule has 1 N–H and O–H groups in total. The molecule has 0 aliphatic rings. The summed E-state index contributed by atoms with van der Waals surface area (Å²) < 4.78 is 5.44. The summed E-state index contributed by atoms with van der Waals surface area (Å²) in [5, 5.41) is 11.3. The van der Waals surface area contributed by atoms with Crippen LogP contribution in [0.4, 0.5) is 0 Å². The van der Waals surface area contributed by atoms with Crippen molar-refractivity contribution in [2.45, 2.75) is 26.2 Å². The van der Waals surface area contributed by atoms with Crippen LogP contribution < -0.4 is 5.63 Å². The molecule has 3 nitrogen and oxygen atoms in total. The van der Waals surface area contributed by atoms with Gasteiger partial charge in [0.15, 0.2) is 0 Å². The molecule has 3 heteroatoms. The highest BCUT2D eigenvalue weighted by atomic mass is 16.4. The van der Waals surface area contributed by atoms with E-state index in [4.69, 9.17) is 4.42 Å². The van der Waals surface area contributed by atoms with Gasteiger partial charge in [-0.2, -0.15) is 0 Å². The lowest BCUT2D eigenvalue weighted by atomic mass is 9.84. The predicted octanol–water partition coefficient (Wildman–Crippen LogP) is 4.68. The van der Waals surface area contributed by atoms with E-state index in [0.717, 1.165) is 12.0 Å². The van der Waals surface area contributed by atoms with Crippen LogP contribution in [0.2, 0.25) is 0 Å². The van der Waals surface area contributed by atoms with Gasteiger partial charge in [-0.15, -0.1) is 0 Å². The van der Waals surface area contributed by atoms with Crippen molar-refractivity contribution >= 4 is 11.0 Å². The minimum atomic E-state index is -0.462. The number of aromatic hydroxyl groups is 1. The molecule has 1 atom stereocenters. The SMILES string of the molecule is CC(C)CC(c1ccccc1)c1c(O)c2ccccc2oc1=O. The Morgan fingerprint density at radius 1 is 1.00 bits per heavy atom. The van der Waals surface area contributed by atoms with Gasteiger partial charge < -0.3 is 9.52 Å². The summed E-state index contributed by atoms with van der Waals surface area (Å²) >= 11 is 0. The minimum Gasteiger partial charge on any atom is -0.507 e. The summed E-state index contributed by atoms with van der Waals surface area (Å²) in [7, 11) is 0. The molecule has 1 unspecified atom stereocenters. The molecule has 0 bridgehead atoms. The van der Waals surface area contributed by atoms with E-state index in [2.05, 4.69) is 13.8 Å². The van der Waals surface area contributed by atoms with Gasteiger partial charge in [-0.05, 0) is 30.0 Å². The Morgan fingerprint density at radius 3 is 2.35 bits per heavy atom. The molecule has 1 aromatic heterocycles. The lowest BCUT2D eigenvalue weighted by Crippen LogP contribution is -2.16. The Morgan fingerprint density at radius 2 is 1.65 bits per heavy atom. The zero-order chi connectivity index (χ0) is 16.4. The van der Waals surface area contributed by atoms with Gasteiger partial charge in [-0.25, -0.2) is 4.79 Å². The zero-order valence-electron chi connectivity index (χ0n) is 13.3. The highest BCUT2D eigenvalue weighted by molar-refractivity contribution is 5.84. The number of benzene rings is 2. The van der Waals surface area contributed by atoms with Gasteiger partial charge in [0.05, 0.1) is 10.9 Å². The van der Waals surface area contributed by atoms with Crippen molar-refractivity contribution in [3.8, 4) is 5.75 Å². The van der Waals surface area contributed by atoms with Crippen molar-refractivity contribution < 1.29 is 9.52 Å². The van der Waals surface area contributed by atoms with Gasteiger partial charge >= 0.3 is 5.63 Å². The van der Waals surface area contributed by atoms with Crippen LogP contribution in [0.3, 0.4) is 0 Å². The topological polar surface area (TPSA) is 50.4 Å². The van der Waals surface area contributed by atoms with Crippen LogP contribution in [0.5, 0.6) is 5.75 Å². The number of rotatable bonds is 4. The largest absolute Gasteiger partial charge is 0.507 e. The quantitative estimate of drug-likeness (QED) is 0.712. The Hall–Kier alpha value is -2.55. The second-order valence-electron chi connectivity index (χ2n) is 6.24. The van der Waals surface area contributed by atoms with E-state index >= 15 is 0 Å². The number of para-hydroxylation sites is 1. The van der Waals surface area contributed by atoms with Crippen molar-refractivity contribution in [3.63, 3.8) is 0 Å². The molecule has 23 heavy (non-hydrogen) atoms. The fourth-order valence-corrected chi connectivity index (χ4v) is 3.03. The third-order valence-corrected chi connectivity index (χ3v) is 4.08. The van der Waals surface area contributed by atoms with Crippen molar-refractivity contribution in [2.24, 2.45) is 5.92 Å². The van der Waals surface area contributed by atoms with E-state index in [0.29, 0.717) is 22.5 Å². The van der Waals surface area contributed by atoms with Crippen LogP contribution in [0.25, 0.3) is 11.0 Å². The van der Waals surface area contributed by atoms with Gasteiger partial charge in [-0.1, -0.05) is 56.3 Å². The van der Waals surface area contributed by atoms with Crippen LogP contribution in [-0.2, 0) is 0 Å². The Kier molecular flexibility index (Phi) is 4.20. The van der Waals surface area contributed by atoms with Gasteiger partial charge in [0, 0.05) is 5.92 Å². The normalized spacial score (nSPS) is 12.7. The summed E-state index contributed by atoms with van der Waals surface area (Å²) in [6.07, 6.45) is 0.765. The second kappa shape index (κ2) is 6.29. The minimum absolute atomic E-state index is 0.0337. The molecule has 3 aromatic rings. The highest BCUT2D eigenvalue weighted by Crippen LogP contribution is 2.37. The van der Waals surface area contributed by atoms with Gasteiger partial charge in [-0.3, -0.25) is 0 Å². The number of hydrogen-bond donors (Lipinski definition) is 1. The summed E-state index contributed by atoms with van der Waals surface area (Å²) in [5.41, 5.74) is 1.31. The van der Waals surface area contributed by atoms with Crippen LogP contribution in [-0.4, -0.2) is 5.11 Å².